The predicted octanol–water partition coefficient (Wildman–Crippen LogP) is 3.94. The van der Waals surface area contributed by atoms with Crippen molar-refractivity contribution in [2.24, 2.45) is 0 Å². The summed E-state index contributed by atoms with van der Waals surface area (Å²) in [4.78, 5) is 15.9. The number of aryl methyl sites for hydroxylation is 1. The topological polar surface area (TPSA) is 51.2 Å². The van der Waals surface area contributed by atoms with E-state index in [1.165, 1.54) is 16.9 Å². The largest absolute Gasteiger partial charge is 0.466 e. The maximum atomic E-state index is 11.4. The van der Waals surface area contributed by atoms with Crippen molar-refractivity contribution in [2.45, 2.75) is 33.1 Å². The molecule has 21 heavy (non-hydrogen) atoms. The van der Waals surface area contributed by atoms with E-state index in [9.17, 15) is 4.79 Å². The maximum Gasteiger partial charge on any atom is 0.311 e. The molecule has 0 spiro atoms. The molecule has 0 saturated heterocycles. The number of ether oxygens (including phenoxy) is 1. The van der Waals surface area contributed by atoms with Gasteiger partial charge in [-0.3, -0.25) is 4.79 Å². The Hall–Kier alpha value is -1.88. The summed E-state index contributed by atoms with van der Waals surface area (Å²) in [6, 6.07) is 8.23. The molecule has 0 aliphatic heterocycles. The van der Waals surface area contributed by atoms with Crippen LogP contribution in [0.5, 0.6) is 0 Å². The molecule has 0 amide bonds. The van der Waals surface area contributed by atoms with Gasteiger partial charge in [-0.05, 0) is 25.0 Å². The second-order valence-electron chi connectivity index (χ2n) is 4.66. The molecule has 1 aromatic carbocycles. The number of carbonyl (C=O) groups excluding carboxylic acids is 1. The zero-order chi connectivity index (χ0) is 15.1. The van der Waals surface area contributed by atoms with Gasteiger partial charge >= 0.3 is 5.97 Å². The summed E-state index contributed by atoms with van der Waals surface area (Å²) in [5.41, 5.74) is 3.10. The van der Waals surface area contributed by atoms with E-state index in [2.05, 4.69) is 29.4 Å². The van der Waals surface area contributed by atoms with Crippen LogP contribution in [0.3, 0.4) is 0 Å². The molecule has 0 radical (unpaired) electrons. The van der Waals surface area contributed by atoms with Gasteiger partial charge in [0.1, 0.15) is 0 Å². The summed E-state index contributed by atoms with van der Waals surface area (Å²) >= 11 is 1.50. The van der Waals surface area contributed by atoms with Gasteiger partial charge in [0.25, 0.3) is 0 Å². The number of aromatic nitrogens is 1. The molecule has 1 aromatic heterocycles. The monoisotopic (exact) mass is 304 g/mol. The van der Waals surface area contributed by atoms with Crippen LogP contribution >= 0.6 is 11.3 Å². The number of rotatable bonds is 7. The summed E-state index contributed by atoms with van der Waals surface area (Å²) in [5, 5.41) is 6.03. The van der Waals surface area contributed by atoms with Crippen LogP contribution in [0, 0.1) is 0 Å². The van der Waals surface area contributed by atoms with Gasteiger partial charge in [0.05, 0.1) is 18.7 Å². The Morgan fingerprint density at radius 2 is 2.14 bits per heavy atom. The first-order valence-electron chi connectivity index (χ1n) is 7.17. The van der Waals surface area contributed by atoms with Gasteiger partial charge in [0, 0.05) is 11.1 Å². The molecule has 0 unspecified atom stereocenters. The van der Waals surface area contributed by atoms with Crippen molar-refractivity contribution in [1.29, 1.82) is 0 Å². The highest BCUT2D eigenvalue weighted by molar-refractivity contribution is 7.13. The molecule has 1 N–H and O–H groups in total. The molecule has 0 fully saturated rings. The van der Waals surface area contributed by atoms with Crippen LogP contribution in [0.15, 0.2) is 29.6 Å². The number of hydrogen-bond donors (Lipinski definition) is 1. The van der Waals surface area contributed by atoms with Crippen molar-refractivity contribution in [3.63, 3.8) is 0 Å². The van der Waals surface area contributed by atoms with Gasteiger partial charge in [0.15, 0.2) is 5.13 Å². The van der Waals surface area contributed by atoms with Crippen molar-refractivity contribution in [3.05, 3.63) is 40.9 Å². The molecular formula is C16H20N2O2S. The average Bonchev–Trinajstić information content (AvgIpc) is 2.89. The summed E-state index contributed by atoms with van der Waals surface area (Å²) in [7, 11) is 0. The number of nitrogens with one attached hydrogen (secondary N) is 1. The van der Waals surface area contributed by atoms with Crippen LogP contribution in [0.4, 0.5) is 10.8 Å². The van der Waals surface area contributed by atoms with E-state index in [0.717, 1.165) is 29.4 Å². The lowest BCUT2D eigenvalue weighted by molar-refractivity contribution is -0.142. The number of carbonyl (C=O) groups is 1. The van der Waals surface area contributed by atoms with Gasteiger partial charge in [0.2, 0.25) is 0 Å². The zero-order valence-electron chi connectivity index (χ0n) is 12.4. The number of esters is 1. The van der Waals surface area contributed by atoms with Crippen molar-refractivity contribution < 1.29 is 9.53 Å². The minimum Gasteiger partial charge on any atom is -0.466 e. The highest BCUT2D eigenvalue weighted by Crippen LogP contribution is 2.24. The predicted molar refractivity (Wildman–Crippen MR) is 86.2 cm³/mol. The second-order valence-corrected chi connectivity index (χ2v) is 5.52. The smallest absolute Gasteiger partial charge is 0.311 e. The summed E-state index contributed by atoms with van der Waals surface area (Å²) in [6.45, 7) is 4.37. The first-order chi connectivity index (χ1) is 10.2. The minimum atomic E-state index is -0.235. The molecule has 2 rings (SSSR count). The van der Waals surface area contributed by atoms with Crippen molar-refractivity contribution in [2.75, 3.05) is 11.9 Å². The van der Waals surface area contributed by atoms with Crippen molar-refractivity contribution >= 4 is 28.1 Å². The molecule has 4 nitrogen and oxygen atoms in total. The lowest BCUT2D eigenvalue weighted by Gasteiger charge is -2.08. The van der Waals surface area contributed by atoms with E-state index < -0.39 is 0 Å². The summed E-state index contributed by atoms with van der Waals surface area (Å²) in [5.74, 6) is -0.235. The molecule has 5 heteroatoms. The van der Waals surface area contributed by atoms with Gasteiger partial charge in [-0.25, -0.2) is 4.98 Å². The summed E-state index contributed by atoms with van der Waals surface area (Å²) in [6.07, 6.45) is 2.36. The molecule has 0 saturated carbocycles. The molecule has 112 valence electrons. The van der Waals surface area contributed by atoms with E-state index in [-0.39, 0.29) is 12.4 Å². The number of thiazole rings is 1. The van der Waals surface area contributed by atoms with E-state index in [1.54, 1.807) is 6.92 Å². The first-order valence-corrected chi connectivity index (χ1v) is 8.05. The Balaban J connectivity index is 2.04. The van der Waals surface area contributed by atoms with E-state index in [4.69, 9.17) is 4.74 Å². The average molecular weight is 304 g/mol. The highest BCUT2D eigenvalue weighted by Gasteiger charge is 2.09. The molecular weight excluding hydrogens is 284 g/mol. The van der Waals surface area contributed by atoms with E-state index >= 15 is 0 Å². The Morgan fingerprint density at radius 3 is 2.90 bits per heavy atom. The van der Waals surface area contributed by atoms with Gasteiger partial charge in [-0.2, -0.15) is 0 Å². The van der Waals surface area contributed by atoms with Gasteiger partial charge in [-0.15, -0.1) is 11.3 Å². The van der Waals surface area contributed by atoms with Gasteiger partial charge < -0.3 is 10.1 Å². The standard InChI is InChI=1S/C16H20N2O2S/c1-3-7-12-8-5-6-9-14(12)18-16-17-13(11-21-16)10-15(19)20-4-2/h5-6,8-9,11H,3-4,7,10H2,1-2H3,(H,17,18). The van der Waals surface area contributed by atoms with Crippen LogP contribution in [0.1, 0.15) is 31.5 Å². The zero-order valence-corrected chi connectivity index (χ0v) is 13.2. The fourth-order valence-corrected chi connectivity index (χ4v) is 2.77. The SMILES string of the molecule is CCCc1ccccc1Nc1nc(CC(=O)OCC)cs1. The Labute approximate surface area is 129 Å². The van der Waals surface area contributed by atoms with Crippen LogP contribution in [-0.4, -0.2) is 17.6 Å². The molecule has 0 aliphatic rings. The molecule has 1 heterocycles. The number of nitrogens with zero attached hydrogens (tertiary/aromatic N) is 1. The van der Waals surface area contributed by atoms with Crippen molar-refractivity contribution in [3.8, 4) is 0 Å². The molecule has 0 aliphatic carbocycles. The fourth-order valence-electron chi connectivity index (χ4n) is 2.05. The quantitative estimate of drug-likeness (QED) is 0.787. The second kappa shape index (κ2) is 7.78. The normalized spacial score (nSPS) is 10.4. The molecule has 2 aromatic rings. The Morgan fingerprint density at radius 1 is 1.33 bits per heavy atom. The first kappa shape index (κ1) is 15.5. The molecule has 0 atom stereocenters. The summed E-state index contributed by atoms with van der Waals surface area (Å²) < 4.78 is 4.93. The van der Waals surface area contributed by atoms with Crippen molar-refractivity contribution in [1.82, 2.24) is 4.98 Å². The van der Waals surface area contributed by atoms with E-state index in [1.807, 2.05) is 17.5 Å². The number of anilines is 2. The Bertz CT molecular complexity index is 595. The number of benzene rings is 1. The van der Waals surface area contributed by atoms with Crippen LogP contribution in [0.2, 0.25) is 0 Å². The fraction of sp³-hybridized carbons (Fsp3) is 0.375. The van der Waals surface area contributed by atoms with Crippen LogP contribution in [-0.2, 0) is 22.4 Å². The third-order valence-corrected chi connectivity index (χ3v) is 3.77. The van der Waals surface area contributed by atoms with Gasteiger partial charge in [-0.1, -0.05) is 31.5 Å². The molecule has 0 bridgehead atoms. The number of hydrogen-bond acceptors (Lipinski definition) is 5. The highest BCUT2D eigenvalue weighted by atomic mass is 32.1. The number of para-hydroxylation sites is 1. The third-order valence-electron chi connectivity index (χ3n) is 2.96. The Kier molecular flexibility index (Phi) is 5.75. The van der Waals surface area contributed by atoms with Crippen LogP contribution < -0.4 is 5.32 Å². The lowest BCUT2D eigenvalue weighted by Crippen LogP contribution is -2.07. The third kappa shape index (κ3) is 4.56. The van der Waals surface area contributed by atoms with E-state index in [0.29, 0.717) is 6.61 Å². The minimum absolute atomic E-state index is 0.225. The maximum absolute atomic E-state index is 11.4. The lowest BCUT2D eigenvalue weighted by atomic mass is 10.1. The van der Waals surface area contributed by atoms with Crippen LogP contribution in [0.25, 0.3) is 0 Å².